The molecule has 0 aliphatic heterocycles. The molecule has 10 heteroatoms. The van der Waals surface area contributed by atoms with Gasteiger partial charge in [-0.15, -0.1) is 0 Å². The zero-order valence-corrected chi connectivity index (χ0v) is 25.4. The molecule has 0 radical (unpaired) electrons. The van der Waals surface area contributed by atoms with Crippen molar-refractivity contribution in [2.75, 3.05) is 0 Å². The van der Waals surface area contributed by atoms with Crippen molar-refractivity contribution in [3.8, 4) is 6.07 Å². The number of amides is 2. The maximum absolute atomic E-state index is 12.0. The van der Waals surface area contributed by atoms with E-state index >= 15 is 0 Å². The third kappa shape index (κ3) is 8.87. The topological polar surface area (TPSA) is 159 Å². The van der Waals surface area contributed by atoms with E-state index in [0.717, 1.165) is 66.3 Å². The number of alkyl carbamates (subject to hydrolysis) is 2. The van der Waals surface area contributed by atoms with Crippen molar-refractivity contribution in [2.45, 2.75) is 103 Å². The Morgan fingerprint density at radius 2 is 1.36 bits per heavy atom. The smallest absolute Gasteiger partial charge is 0.408 e. The molecule has 2 aromatic carbocycles. The van der Waals surface area contributed by atoms with Gasteiger partial charge in [0.05, 0.1) is 23.7 Å². The van der Waals surface area contributed by atoms with E-state index in [1.165, 1.54) is 0 Å². The van der Waals surface area contributed by atoms with E-state index in [4.69, 9.17) is 25.7 Å². The quantitative estimate of drug-likeness (QED) is 0.147. The predicted molar refractivity (Wildman–Crippen MR) is 160 cm³/mol. The van der Waals surface area contributed by atoms with E-state index in [1.54, 1.807) is 0 Å². The third-order valence-corrected chi connectivity index (χ3v) is 6.90. The second kappa shape index (κ2) is 13.6. The number of carbonyl (C=O) groups is 2. The maximum Gasteiger partial charge on any atom is 0.408 e. The summed E-state index contributed by atoms with van der Waals surface area (Å²) in [4.78, 5) is 23.9. The number of nitriles is 1. The highest BCUT2D eigenvalue weighted by Crippen LogP contribution is 2.33. The number of fused-ring (bicyclic) bond motifs is 2. The molecule has 42 heavy (non-hydrogen) atoms. The number of oxime groups is 1. The lowest BCUT2D eigenvalue weighted by atomic mass is 9.84. The van der Waals surface area contributed by atoms with Crippen molar-refractivity contribution < 1.29 is 24.3 Å². The first-order chi connectivity index (χ1) is 19.7. The van der Waals surface area contributed by atoms with Crippen LogP contribution in [0.4, 0.5) is 9.59 Å². The molecular formula is C32H43N5O5. The Morgan fingerprint density at radius 1 is 0.881 bits per heavy atom. The van der Waals surface area contributed by atoms with Gasteiger partial charge in [0.15, 0.2) is 5.84 Å². The second-order valence-corrected chi connectivity index (χ2v) is 12.5. The largest absolute Gasteiger partial charge is 0.444 e. The third-order valence-electron chi connectivity index (χ3n) is 6.90. The van der Waals surface area contributed by atoms with Gasteiger partial charge in [0.25, 0.3) is 0 Å². The van der Waals surface area contributed by atoms with Crippen molar-refractivity contribution in [2.24, 2.45) is 10.9 Å². The highest BCUT2D eigenvalue weighted by atomic mass is 16.6. The van der Waals surface area contributed by atoms with Crippen LogP contribution in [0.2, 0.25) is 0 Å². The van der Waals surface area contributed by atoms with Crippen molar-refractivity contribution in [1.82, 2.24) is 10.6 Å². The lowest BCUT2D eigenvalue weighted by molar-refractivity contribution is 0.0487. The molecule has 0 saturated heterocycles. The Bertz CT molecular complexity index is 1350. The zero-order chi connectivity index (χ0) is 31.1. The van der Waals surface area contributed by atoms with E-state index in [0.29, 0.717) is 5.56 Å². The normalized spacial score (nSPS) is 18.2. The second-order valence-electron chi connectivity index (χ2n) is 12.5. The zero-order valence-electron chi connectivity index (χ0n) is 25.4. The number of rotatable bonds is 3. The molecule has 0 saturated carbocycles. The Labute approximate surface area is 248 Å². The molecule has 2 aliphatic carbocycles. The van der Waals surface area contributed by atoms with Crippen molar-refractivity contribution in [3.05, 3.63) is 69.8 Å². The molecule has 0 unspecified atom stereocenters. The average molecular weight is 578 g/mol. The highest BCUT2D eigenvalue weighted by Gasteiger charge is 2.27. The Hall–Kier alpha value is -4.26. The summed E-state index contributed by atoms with van der Waals surface area (Å²) in [6, 6.07) is 13.3. The van der Waals surface area contributed by atoms with Crippen LogP contribution in [-0.2, 0) is 22.3 Å². The molecule has 0 fully saturated rings. The summed E-state index contributed by atoms with van der Waals surface area (Å²) in [6.07, 6.45) is 4.50. The minimum atomic E-state index is -0.530. The SMILES string of the molecule is CC(C)(C)OC(=O)N[C@H]1CCCc2c(C#N)cccc21.CC(C)(C)OC(=O)N[C@H]1CCCc2c(C(N)=NO)cccc21. The summed E-state index contributed by atoms with van der Waals surface area (Å²) < 4.78 is 10.6. The summed E-state index contributed by atoms with van der Waals surface area (Å²) in [7, 11) is 0. The van der Waals surface area contributed by atoms with E-state index in [2.05, 4.69) is 21.9 Å². The number of hydrogen-bond acceptors (Lipinski definition) is 7. The summed E-state index contributed by atoms with van der Waals surface area (Å²) in [5.74, 6) is 0.0924. The van der Waals surface area contributed by atoms with Gasteiger partial charge in [-0.05, 0) is 108 Å². The molecule has 0 heterocycles. The molecule has 10 nitrogen and oxygen atoms in total. The van der Waals surface area contributed by atoms with E-state index in [1.807, 2.05) is 77.9 Å². The summed E-state index contributed by atoms with van der Waals surface area (Å²) in [6.45, 7) is 11.0. The number of ether oxygens (including phenoxy) is 2. The first kappa shape index (κ1) is 32.3. The van der Waals surface area contributed by atoms with Gasteiger partial charge in [-0.1, -0.05) is 35.5 Å². The standard InChI is InChI=1S/C16H23N3O3.C16H20N2O2/c1-16(2,3)22-15(20)18-13-9-5-6-10-11(13)7-4-8-12(10)14(17)19-21;1-16(2,3)20-15(19)18-14-9-5-7-12-11(10-17)6-4-8-13(12)14/h4,7-8,13,21H,5-6,9H2,1-3H3,(H2,17,19)(H,18,20);4,6,8,14H,5,7,9H2,1-3H3,(H,18,19)/t13-;14-/m00/s1. The van der Waals surface area contributed by atoms with Gasteiger partial charge in [-0.2, -0.15) is 5.26 Å². The summed E-state index contributed by atoms with van der Waals surface area (Å²) in [5.41, 5.74) is 10.2. The first-order valence-electron chi connectivity index (χ1n) is 14.3. The molecular weight excluding hydrogens is 534 g/mol. The van der Waals surface area contributed by atoms with Crippen LogP contribution in [0.15, 0.2) is 41.6 Å². The Balaban J connectivity index is 0.000000231. The monoisotopic (exact) mass is 577 g/mol. The van der Waals surface area contributed by atoms with Gasteiger partial charge < -0.3 is 31.0 Å². The van der Waals surface area contributed by atoms with Gasteiger partial charge in [0.1, 0.15) is 11.2 Å². The summed E-state index contributed by atoms with van der Waals surface area (Å²) >= 11 is 0. The number of amidine groups is 1. The van der Waals surface area contributed by atoms with Crippen LogP contribution in [0.5, 0.6) is 0 Å². The molecule has 0 spiro atoms. The molecule has 5 N–H and O–H groups in total. The lowest BCUT2D eigenvalue weighted by Gasteiger charge is -2.29. The molecule has 2 atom stereocenters. The van der Waals surface area contributed by atoms with Crippen LogP contribution in [0, 0.1) is 11.3 Å². The minimum absolute atomic E-state index is 0.0677. The maximum atomic E-state index is 12.0. The first-order valence-corrected chi connectivity index (χ1v) is 14.3. The molecule has 0 aromatic heterocycles. The molecule has 226 valence electrons. The molecule has 2 aromatic rings. The van der Waals surface area contributed by atoms with Crippen LogP contribution in [0.1, 0.15) is 113 Å². The fourth-order valence-corrected chi connectivity index (χ4v) is 5.30. The Kier molecular flexibility index (Phi) is 10.4. The molecule has 0 bridgehead atoms. The van der Waals surface area contributed by atoms with E-state index in [9.17, 15) is 9.59 Å². The van der Waals surface area contributed by atoms with Crippen LogP contribution >= 0.6 is 0 Å². The molecule has 2 aliphatic rings. The van der Waals surface area contributed by atoms with Gasteiger partial charge >= 0.3 is 12.2 Å². The van der Waals surface area contributed by atoms with E-state index in [-0.39, 0.29) is 17.9 Å². The summed E-state index contributed by atoms with van der Waals surface area (Å²) in [5, 5.41) is 27.0. The van der Waals surface area contributed by atoms with Crippen LogP contribution in [0.25, 0.3) is 0 Å². The lowest BCUT2D eigenvalue weighted by Crippen LogP contribution is -2.36. The molecule has 4 rings (SSSR count). The van der Waals surface area contributed by atoms with Crippen molar-refractivity contribution in [1.29, 1.82) is 5.26 Å². The van der Waals surface area contributed by atoms with Crippen molar-refractivity contribution in [3.63, 3.8) is 0 Å². The van der Waals surface area contributed by atoms with Gasteiger partial charge in [-0.25, -0.2) is 9.59 Å². The fourth-order valence-electron chi connectivity index (χ4n) is 5.30. The van der Waals surface area contributed by atoms with Gasteiger partial charge in [0, 0.05) is 5.56 Å². The van der Waals surface area contributed by atoms with Gasteiger partial charge in [0.2, 0.25) is 0 Å². The van der Waals surface area contributed by atoms with Crippen molar-refractivity contribution >= 4 is 18.0 Å². The number of nitrogens with two attached hydrogens (primary N) is 1. The van der Waals surface area contributed by atoms with Crippen LogP contribution < -0.4 is 16.4 Å². The number of nitrogens with one attached hydrogen (secondary N) is 2. The predicted octanol–water partition coefficient (Wildman–Crippen LogP) is 6.14. The average Bonchev–Trinajstić information content (AvgIpc) is 2.90. The Morgan fingerprint density at radius 3 is 1.83 bits per heavy atom. The minimum Gasteiger partial charge on any atom is -0.444 e. The molecule has 2 amide bonds. The van der Waals surface area contributed by atoms with Crippen LogP contribution in [-0.4, -0.2) is 34.4 Å². The fraction of sp³-hybridized carbons (Fsp3) is 0.500. The van der Waals surface area contributed by atoms with Crippen LogP contribution in [0.3, 0.4) is 0 Å². The number of nitrogens with zero attached hydrogens (tertiary/aromatic N) is 2. The van der Waals surface area contributed by atoms with E-state index < -0.39 is 23.4 Å². The highest BCUT2D eigenvalue weighted by molar-refractivity contribution is 5.98. The number of carbonyl (C=O) groups excluding carboxylic acids is 2. The number of hydrogen-bond donors (Lipinski definition) is 4. The number of benzene rings is 2. The van der Waals surface area contributed by atoms with Gasteiger partial charge in [-0.3, -0.25) is 0 Å².